The van der Waals surface area contributed by atoms with E-state index in [2.05, 4.69) is 5.32 Å². The lowest BCUT2D eigenvalue weighted by Crippen LogP contribution is -2.10. The molecule has 1 N–H and O–H groups in total. The van der Waals surface area contributed by atoms with E-state index in [1.165, 1.54) is 0 Å². The fourth-order valence-electron chi connectivity index (χ4n) is 1.98. The molecule has 1 aromatic heterocycles. The number of carbonyl (C=O) groups excluding carboxylic acids is 1. The van der Waals surface area contributed by atoms with Gasteiger partial charge in [-0.05, 0) is 42.5 Å². The summed E-state index contributed by atoms with van der Waals surface area (Å²) in [4.78, 5) is 12.1. The molecule has 0 atom stereocenters. The number of hydrogen-bond acceptors (Lipinski definition) is 2. The Labute approximate surface area is 137 Å². The third kappa shape index (κ3) is 3.16. The summed E-state index contributed by atoms with van der Waals surface area (Å²) in [6.45, 7) is 0. The molecule has 1 heterocycles. The summed E-state index contributed by atoms with van der Waals surface area (Å²) >= 11 is 11.9. The number of nitrogens with one attached hydrogen (secondary N) is 1. The van der Waals surface area contributed by atoms with Crippen LogP contribution >= 0.6 is 23.2 Å². The van der Waals surface area contributed by atoms with E-state index in [9.17, 15) is 4.79 Å². The average Bonchev–Trinajstić information content (AvgIpc) is 3.01. The molecule has 0 fully saturated rings. The third-order valence-corrected chi connectivity index (χ3v) is 3.80. The monoisotopic (exact) mass is 331 g/mol. The molecule has 3 nitrogen and oxygen atoms in total. The van der Waals surface area contributed by atoms with Crippen LogP contribution in [0.1, 0.15) is 10.6 Å². The molecule has 1 amide bonds. The minimum atomic E-state index is -0.308. The molecule has 0 aliphatic carbocycles. The highest BCUT2D eigenvalue weighted by Gasteiger charge is 2.13. The van der Waals surface area contributed by atoms with Gasteiger partial charge in [-0.25, -0.2) is 0 Å². The van der Waals surface area contributed by atoms with Gasteiger partial charge >= 0.3 is 0 Å². The minimum Gasteiger partial charge on any atom is -0.451 e. The maximum absolute atomic E-state index is 12.1. The molecule has 0 bridgehead atoms. The lowest BCUT2D eigenvalue weighted by molar-refractivity contribution is 0.0997. The van der Waals surface area contributed by atoms with Crippen molar-refractivity contribution < 1.29 is 9.21 Å². The maximum Gasteiger partial charge on any atom is 0.291 e. The van der Waals surface area contributed by atoms with Crippen LogP contribution in [-0.2, 0) is 0 Å². The lowest BCUT2D eigenvalue weighted by atomic mass is 10.2. The molecule has 5 heteroatoms. The van der Waals surface area contributed by atoms with E-state index >= 15 is 0 Å². The first-order valence-electron chi connectivity index (χ1n) is 6.55. The van der Waals surface area contributed by atoms with Crippen LogP contribution in [0.4, 0.5) is 5.69 Å². The van der Waals surface area contributed by atoms with Gasteiger partial charge in [0.2, 0.25) is 0 Å². The van der Waals surface area contributed by atoms with E-state index < -0.39 is 0 Å². The van der Waals surface area contributed by atoms with E-state index in [-0.39, 0.29) is 11.7 Å². The Bertz CT molecular complexity index is 813. The number of hydrogen-bond donors (Lipinski definition) is 1. The summed E-state index contributed by atoms with van der Waals surface area (Å²) in [5.74, 6) is 0.471. The highest BCUT2D eigenvalue weighted by atomic mass is 35.5. The van der Waals surface area contributed by atoms with Gasteiger partial charge in [-0.2, -0.15) is 0 Å². The fourth-order valence-corrected chi connectivity index (χ4v) is 2.28. The first-order chi connectivity index (χ1) is 10.6. The van der Waals surface area contributed by atoms with Gasteiger partial charge in [-0.3, -0.25) is 4.79 Å². The molecule has 0 radical (unpaired) electrons. The van der Waals surface area contributed by atoms with E-state index in [4.69, 9.17) is 27.6 Å². The normalized spacial score (nSPS) is 10.5. The maximum atomic E-state index is 12.1. The molecule has 0 saturated heterocycles. The van der Waals surface area contributed by atoms with Gasteiger partial charge in [0.1, 0.15) is 5.76 Å². The largest absolute Gasteiger partial charge is 0.451 e. The first kappa shape index (κ1) is 14.7. The smallest absolute Gasteiger partial charge is 0.291 e. The number of amides is 1. The Hall–Kier alpha value is -2.23. The van der Waals surface area contributed by atoms with Crippen LogP contribution in [0.2, 0.25) is 10.0 Å². The number of rotatable bonds is 3. The molecule has 0 aliphatic rings. The van der Waals surface area contributed by atoms with Gasteiger partial charge in [0, 0.05) is 11.3 Å². The molecular weight excluding hydrogens is 321 g/mol. The summed E-state index contributed by atoms with van der Waals surface area (Å²) < 4.78 is 5.58. The van der Waals surface area contributed by atoms with E-state index in [0.717, 1.165) is 5.56 Å². The predicted octanol–water partition coefficient (Wildman–Crippen LogP) is 5.51. The number of benzene rings is 2. The number of carbonyl (C=O) groups is 1. The standard InChI is InChI=1S/C17H11Cl2NO2/c18-13-7-6-11(10-14(13)19)15-8-9-16(22-15)17(21)20-12-4-2-1-3-5-12/h1-10H,(H,20,21). The van der Waals surface area contributed by atoms with Crippen LogP contribution in [0, 0.1) is 0 Å². The van der Waals surface area contributed by atoms with Crippen molar-refractivity contribution in [3.8, 4) is 11.3 Å². The molecule has 0 aliphatic heterocycles. The molecule has 2 aromatic carbocycles. The molecule has 110 valence electrons. The Morgan fingerprint density at radius 2 is 1.68 bits per heavy atom. The topological polar surface area (TPSA) is 42.2 Å². The van der Waals surface area contributed by atoms with Crippen LogP contribution in [0.3, 0.4) is 0 Å². The fraction of sp³-hybridized carbons (Fsp3) is 0. The quantitative estimate of drug-likeness (QED) is 0.687. The molecule has 0 unspecified atom stereocenters. The van der Waals surface area contributed by atoms with Gasteiger partial charge < -0.3 is 9.73 Å². The molecule has 0 spiro atoms. The van der Waals surface area contributed by atoms with Crippen molar-refractivity contribution in [2.45, 2.75) is 0 Å². The van der Waals surface area contributed by atoms with Crippen molar-refractivity contribution in [2.75, 3.05) is 5.32 Å². The Kier molecular flexibility index (Phi) is 4.18. The minimum absolute atomic E-state index is 0.227. The van der Waals surface area contributed by atoms with Crippen molar-refractivity contribution in [2.24, 2.45) is 0 Å². The van der Waals surface area contributed by atoms with E-state index in [0.29, 0.717) is 21.5 Å². The second kappa shape index (κ2) is 6.26. The number of halogens is 2. The summed E-state index contributed by atoms with van der Waals surface area (Å²) in [7, 11) is 0. The highest BCUT2D eigenvalue weighted by Crippen LogP contribution is 2.29. The average molecular weight is 332 g/mol. The third-order valence-electron chi connectivity index (χ3n) is 3.07. The number of para-hydroxylation sites is 1. The van der Waals surface area contributed by atoms with Crippen LogP contribution in [0.15, 0.2) is 65.1 Å². The molecule has 22 heavy (non-hydrogen) atoms. The van der Waals surface area contributed by atoms with Gasteiger partial charge in [-0.15, -0.1) is 0 Å². The van der Waals surface area contributed by atoms with Crippen molar-refractivity contribution in [3.63, 3.8) is 0 Å². The van der Waals surface area contributed by atoms with Crippen molar-refractivity contribution in [1.29, 1.82) is 0 Å². The van der Waals surface area contributed by atoms with Crippen LogP contribution in [-0.4, -0.2) is 5.91 Å². The van der Waals surface area contributed by atoms with E-state index in [1.807, 2.05) is 18.2 Å². The number of furan rings is 1. The molecule has 3 rings (SSSR count). The molecular formula is C17H11Cl2NO2. The second-order valence-corrected chi connectivity index (χ2v) is 5.43. The van der Waals surface area contributed by atoms with Gasteiger partial charge in [-0.1, -0.05) is 41.4 Å². The Morgan fingerprint density at radius 1 is 0.909 bits per heavy atom. The van der Waals surface area contributed by atoms with E-state index in [1.54, 1.807) is 42.5 Å². The van der Waals surface area contributed by atoms with Gasteiger partial charge in [0.15, 0.2) is 5.76 Å². The zero-order valence-corrected chi connectivity index (χ0v) is 12.9. The van der Waals surface area contributed by atoms with Crippen molar-refractivity contribution in [3.05, 3.63) is 76.5 Å². The van der Waals surface area contributed by atoms with Crippen molar-refractivity contribution >= 4 is 34.8 Å². The predicted molar refractivity (Wildman–Crippen MR) is 88.6 cm³/mol. The van der Waals surface area contributed by atoms with Crippen LogP contribution in [0.5, 0.6) is 0 Å². The first-order valence-corrected chi connectivity index (χ1v) is 7.31. The molecule has 3 aromatic rings. The SMILES string of the molecule is O=C(Nc1ccccc1)c1ccc(-c2ccc(Cl)c(Cl)c2)o1. The second-order valence-electron chi connectivity index (χ2n) is 4.61. The Balaban J connectivity index is 1.81. The summed E-state index contributed by atoms with van der Waals surface area (Å²) in [6, 6.07) is 17.7. The summed E-state index contributed by atoms with van der Waals surface area (Å²) in [5.41, 5.74) is 1.47. The van der Waals surface area contributed by atoms with Crippen LogP contribution in [0.25, 0.3) is 11.3 Å². The lowest BCUT2D eigenvalue weighted by Gasteiger charge is -2.02. The van der Waals surface area contributed by atoms with Crippen LogP contribution < -0.4 is 5.32 Å². The highest BCUT2D eigenvalue weighted by molar-refractivity contribution is 6.42. The van der Waals surface area contributed by atoms with Gasteiger partial charge in [0.05, 0.1) is 10.0 Å². The molecule has 0 saturated carbocycles. The zero-order valence-electron chi connectivity index (χ0n) is 11.3. The number of anilines is 1. The zero-order chi connectivity index (χ0) is 15.5. The Morgan fingerprint density at radius 3 is 2.41 bits per heavy atom. The van der Waals surface area contributed by atoms with Crippen molar-refractivity contribution in [1.82, 2.24) is 0 Å². The summed E-state index contributed by atoms with van der Waals surface area (Å²) in [5, 5.41) is 3.67. The van der Waals surface area contributed by atoms with Gasteiger partial charge in [0.25, 0.3) is 5.91 Å². The summed E-state index contributed by atoms with van der Waals surface area (Å²) in [6.07, 6.45) is 0.